The molecule has 1 aromatic rings. The molecule has 0 radical (unpaired) electrons. The van der Waals surface area contributed by atoms with Crippen molar-refractivity contribution in [1.29, 1.82) is 0 Å². The van der Waals surface area contributed by atoms with Gasteiger partial charge in [0.1, 0.15) is 0 Å². The van der Waals surface area contributed by atoms with Crippen LogP contribution in [0.1, 0.15) is 11.7 Å². The van der Waals surface area contributed by atoms with E-state index in [0.717, 1.165) is 5.56 Å². The molecule has 2 amide bonds. The van der Waals surface area contributed by atoms with Gasteiger partial charge in [-0.05, 0) is 17.7 Å². The molecule has 6 nitrogen and oxygen atoms in total. The third-order valence-corrected chi connectivity index (χ3v) is 2.86. The molecule has 1 rings (SSSR count). The number of rotatable bonds is 7. The Kier molecular flexibility index (Phi) is 7.00. The summed E-state index contributed by atoms with van der Waals surface area (Å²) >= 11 is 5.91. The SMILES string of the molecule is COC(CNC(=O)CNC(=O)CN)c1cccc(Cl)c1. The van der Waals surface area contributed by atoms with Crippen molar-refractivity contribution in [2.45, 2.75) is 6.10 Å². The van der Waals surface area contributed by atoms with E-state index < -0.39 is 0 Å². The first-order chi connectivity index (χ1) is 9.56. The molecule has 0 aliphatic rings. The van der Waals surface area contributed by atoms with Gasteiger partial charge in [0.2, 0.25) is 11.8 Å². The lowest BCUT2D eigenvalue weighted by Crippen LogP contribution is -2.40. The lowest BCUT2D eigenvalue weighted by Gasteiger charge is -2.17. The number of nitrogens with one attached hydrogen (secondary N) is 2. The Morgan fingerprint density at radius 3 is 2.70 bits per heavy atom. The molecule has 7 heteroatoms. The largest absolute Gasteiger partial charge is 0.375 e. The van der Waals surface area contributed by atoms with Crippen LogP contribution in [0.2, 0.25) is 5.02 Å². The molecule has 0 aromatic heterocycles. The normalized spacial score (nSPS) is 11.8. The summed E-state index contributed by atoms with van der Waals surface area (Å²) < 4.78 is 5.31. The second kappa shape index (κ2) is 8.52. The van der Waals surface area contributed by atoms with Crippen molar-refractivity contribution >= 4 is 23.4 Å². The van der Waals surface area contributed by atoms with Gasteiger partial charge in [0, 0.05) is 18.7 Å². The summed E-state index contributed by atoms with van der Waals surface area (Å²) in [5.41, 5.74) is 5.98. The van der Waals surface area contributed by atoms with Crippen molar-refractivity contribution in [3.8, 4) is 0 Å². The van der Waals surface area contributed by atoms with E-state index in [2.05, 4.69) is 10.6 Å². The summed E-state index contributed by atoms with van der Waals surface area (Å²) in [5, 5.41) is 5.66. The Balaban J connectivity index is 2.45. The predicted octanol–water partition coefficient (Wildman–Crippen LogP) is 0.219. The van der Waals surface area contributed by atoms with Crippen LogP contribution in [0.25, 0.3) is 0 Å². The van der Waals surface area contributed by atoms with Gasteiger partial charge in [0.15, 0.2) is 0 Å². The lowest BCUT2D eigenvalue weighted by molar-refractivity contribution is -0.125. The summed E-state index contributed by atoms with van der Waals surface area (Å²) in [6.07, 6.45) is -0.303. The van der Waals surface area contributed by atoms with E-state index in [9.17, 15) is 9.59 Å². The molecule has 0 aliphatic carbocycles. The van der Waals surface area contributed by atoms with Crippen LogP contribution in [0, 0.1) is 0 Å². The molecule has 1 unspecified atom stereocenters. The molecule has 0 aliphatic heterocycles. The van der Waals surface area contributed by atoms with Gasteiger partial charge in [-0.25, -0.2) is 0 Å². The smallest absolute Gasteiger partial charge is 0.239 e. The first-order valence-electron chi connectivity index (χ1n) is 6.08. The Bertz CT molecular complexity index is 468. The number of carbonyl (C=O) groups excluding carboxylic acids is 2. The minimum absolute atomic E-state index is 0.109. The zero-order valence-electron chi connectivity index (χ0n) is 11.2. The van der Waals surface area contributed by atoms with E-state index in [4.69, 9.17) is 22.1 Å². The van der Waals surface area contributed by atoms with Gasteiger partial charge in [-0.2, -0.15) is 0 Å². The van der Waals surface area contributed by atoms with Crippen LogP contribution in [0.4, 0.5) is 0 Å². The fourth-order valence-corrected chi connectivity index (χ4v) is 1.76. The van der Waals surface area contributed by atoms with Crippen molar-refractivity contribution < 1.29 is 14.3 Å². The maximum atomic E-state index is 11.5. The summed E-state index contributed by atoms with van der Waals surface area (Å²) in [6.45, 7) is 0.0344. The zero-order valence-corrected chi connectivity index (χ0v) is 11.9. The predicted molar refractivity (Wildman–Crippen MR) is 76.3 cm³/mol. The molecule has 4 N–H and O–H groups in total. The van der Waals surface area contributed by atoms with Gasteiger partial charge in [0.05, 0.1) is 19.2 Å². The standard InChI is InChI=1S/C13H18ClN3O3/c1-20-11(9-3-2-4-10(14)5-9)7-16-13(19)8-17-12(18)6-15/h2-5,11H,6-8,15H2,1H3,(H,16,19)(H,17,18). The van der Waals surface area contributed by atoms with Crippen molar-refractivity contribution in [1.82, 2.24) is 10.6 Å². The average Bonchev–Trinajstić information content (AvgIpc) is 2.45. The topological polar surface area (TPSA) is 93.5 Å². The Morgan fingerprint density at radius 2 is 2.10 bits per heavy atom. The van der Waals surface area contributed by atoms with Gasteiger partial charge < -0.3 is 21.1 Å². The number of methoxy groups -OCH3 is 1. The fourth-order valence-electron chi connectivity index (χ4n) is 1.56. The Morgan fingerprint density at radius 1 is 1.35 bits per heavy atom. The molecule has 0 fully saturated rings. The second-order valence-corrected chi connectivity index (χ2v) is 4.50. The van der Waals surface area contributed by atoms with E-state index in [1.807, 2.05) is 12.1 Å². The van der Waals surface area contributed by atoms with Crippen LogP contribution in [0.3, 0.4) is 0 Å². The van der Waals surface area contributed by atoms with Gasteiger partial charge in [-0.3, -0.25) is 9.59 Å². The highest BCUT2D eigenvalue weighted by molar-refractivity contribution is 6.30. The fraction of sp³-hybridized carbons (Fsp3) is 0.385. The molecular formula is C13H18ClN3O3. The van der Waals surface area contributed by atoms with E-state index in [0.29, 0.717) is 5.02 Å². The maximum Gasteiger partial charge on any atom is 0.239 e. The number of hydrogen-bond acceptors (Lipinski definition) is 4. The lowest BCUT2D eigenvalue weighted by atomic mass is 10.1. The number of hydrogen-bond donors (Lipinski definition) is 3. The van der Waals surface area contributed by atoms with Crippen LogP contribution in [-0.2, 0) is 14.3 Å². The third-order valence-electron chi connectivity index (χ3n) is 2.62. The molecular weight excluding hydrogens is 282 g/mol. The van der Waals surface area contributed by atoms with Crippen LogP contribution >= 0.6 is 11.6 Å². The highest BCUT2D eigenvalue weighted by Crippen LogP contribution is 2.19. The van der Waals surface area contributed by atoms with E-state index in [-0.39, 0.29) is 37.6 Å². The number of ether oxygens (including phenoxy) is 1. The Hall–Kier alpha value is -1.63. The van der Waals surface area contributed by atoms with E-state index >= 15 is 0 Å². The van der Waals surface area contributed by atoms with Crippen molar-refractivity contribution in [3.05, 3.63) is 34.9 Å². The first-order valence-corrected chi connectivity index (χ1v) is 6.46. The van der Waals surface area contributed by atoms with Crippen LogP contribution < -0.4 is 16.4 Å². The second-order valence-electron chi connectivity index (χ2n) is 4.06. The number of benzene rings is 1. The van der Waals surface area contributed by atoms with Crippen LogP contribution in [-0.4, -0.2) is 38.6 Å². The summed E-state index contributed by atoms with van der Waals surface area (Å²) in [5.74, 6) is -0.686. The molecule has 20 heavy (non-hydrogen) atoms. The molecule has 0 saturated carbocycles. The zero-order chi connectivity index (χ0) is 15.0. The number of halogens is 1. The minimum Gasteiger partial charge on any atom is -0.375 e. The number of carbonyl (C=O) groups is 2. The third kappa shape index (κ3) is 5.56. The summed E-state index contributed by atoms with van der Waals surface area (Å²) in [4.78, 5) is 22.4. The summed E-state index contributed by atoms with van der Waals surface area (Å²) in [6, 6.07) is 7.21. The number of nitrogens with two attached hydrogens (primary N) is 1. The van der Waals surface area contributed by atoms with Crippen LogP contribution in [0.5, 0.6) is 0 Å². The number of amides is 2. The monoisotopic (exact) mass is 299 g/mol. The summed E-state index contributed by atoms with van der Waals surface area (Å²) in [7, 11) is 1.55. The van der Waals surface area contributed by atoms with Crippen molar-refractivity contribution in [2.75, 3.05) is 26.7 Å². The van der Waals surface area contributed by atoms with Gasteiger partial charge >= 0.3 is 0 Å². The molecule has 1 atom stereocenters. The van der Waals surface area contributed by atoms with Gasteiger partial charge in [0.25, 0.3) is 0 Å². The Labute approximate surface area is 122 Å². The average molecular weight is 300 g/mol. The molecule has 0 spiro atoms. The molecule has 110 valence electrons. The quantitative estimate of drug-likeness (QED) is 0.671. The highest BCUT2D eigenvalue weighted by Gasteiger charge is 2.12. The van der Waals surface area contributed by atoms with Crippen molar-refractivity contribution in [3.63, 3.8) is 0 Å². The van der Waals surface area contributed by atoms with E-state index in [1.165, 1.54) is 0 Å². The van der Waals surface area contributed by atoms with Gasteiger partial charge in [-0.15, -0.1) is 0 Å². The highest BCUT2D eigenvalue weighted by atomic mass is 35.5. The molecule has 0 saturated heterocycles. The van der Waals surface area contributed by atoms with E-state index in [1.54, 1.807) is 19.2 Å². The maximum absolute atomic E-state index is 11.5. The molecule has 0 heterocycles. The van der Waals surface area contributed by atoms with Crippen molar-refractivity contribution in [2.24, 2.45) is 5.73 Å². The molecule has 1 aromatic carbocycles. The first kappa shape index (κ1) is 16.4. The molecule has 0 bridgehead atoms. The van der Waals surface area contributed by atoms with Gasteiger partial charge in [-0.1, -0.05) is 23.7 Å². The minimum atomic E-state index is -0.377. The van der Waals surface area contributed by atoms with Crippen LogP contribution in [0.15, 0.2) is 24.3 Å².